The van der Waals surface area contributed by atoms with Gasteiger partial charge in [0.05, 0.1) is 12.7 Å². The van der Waals surface area contributed by atoms with Crippen LogP contribution in [0.2, 0.25) is 0 Å². The molecule has 0 amide bonds. The molecule has 1 aromatic carbocycles. The molecule has 5 nitrogen and oxygen atoms in total. The molecule has 0 N–H and O–H groups in total. The zero-order valence-electron chi connectivity index (χ0n) is 12.5. The lowest BCUT2D eigenvalue weighted by molar-refractivity contribution is -0.00437. The lowest BCUT2D eigenvalue weighted by Gasteiger charge is -2.35. The first-order chi connectivity index (χ1) is 9.82. The van der Waals surface area contributed by atoms with E-state index in [9.17, 15) is 12.8 Å². The van der Waals surface area contributed by atoms with Crippen molar-refractivity contribution in [2.24, 2.45) is 0 Å². The maximum Gasteiger partial charge on any atom is 0.282 e. The van der Waals surface area contributed by atoms with Crippen molar-refractivity contribution in [3.05, 3.63) is 35.6 Å². The fourth-order valence-corrected chi connectivity index (χ4v) is 3.69. The van der Waals surface area contributed by atoms with E-state index in [0.717, 1.165) is 5.56 Å². The number of hydrogen-bond acceptors (Lipinski definition) is 3. The summed E-state index contributed by atoms with van der Waals surface area (Å²) in [7, 11) is -1.93. The van der Waals surface area contributed by atoms with E-state index in [0.29, 0.717) is 13.2 Å². The van der Waals surface area contributed by atoms with Gasteiger partial charge in [-0.2, -0.15) is 17.0 Å². The molecule has 0 aromatic heterocycles. The third-order valence-corrected chi connectivity index (χ3v) is 5.82. The smallest absolute Gasteiger partial charge is 0.282 e. The molecule has 0 radical (unpaired) electrons. The lowest BCUT2D eigenvalue weighted by atomic mass is 10.1. The quantitative estimate of drug-likeness (QED) is 0.851. The number of ether oxygens (including phenoxy) is 1. The van der Waals surface area contributed by atoms with E-state index in [1.807, 2.05) is 13.8 Å². The largest absolute Gasteiger partial charge is 0.371 e. The highest BCUT2D eigenvalue weighted by molar-refractivity contribution is 7.86. The molecule has 1 fully saturated rings. The molecule has 0 saturated carbocycles. The summed E-state index contributed by atoms with van der Waals surface area (Å²) in [5, 5.41) is 0. The van der Waals surface area contributed by atoms with Crippen molar-refractivity contribution in [1.29, 1.82) is 0 Å². The molecular formula is C14H21FN2O3S. The molecule has 21 heavy (non-hydrogen) atoms. The fraction of sp³-hybridized carbons (Fsp3) is 0.571. The molecule has 2 rings (SSSR count). The molecule has 1 heterocycles. The van der Waals surface area contributed by atoms with Gasteiger partial charge in [0.15, 0.2) is 0 Å². The number of hydrogen-bond donors (Lipinski definition) is 0. The van der Waals surface area contributed by atoms with Gasteiger partial charge in [-0.25, -0.2) is 4.39 Å². The second kappa shape index (κ2) is 6.39. The summed E-state index contributed by atoms with van der Waals surface area (Å²) in [6, 6.07) is 5.85. The van der Waals surface area contributed by atoms with Crippen molar-refractivity contribution in [2.75, 3.05) is 26.7 Å². The Morgan fingerprint density at radius 2 is 1.95 bits per heavy atom. The number of nitrogens with zero attached hydrogens (tertiary/aromatic N) is 2. The molecule has 1 unspecified atom stereocenters. The Labute approximate surface area is 125 Å². The van der Waals surface area contributed by atoms with E-state index in [1.165, 1.54) is 20.7 Å². The molecule has 7 heteroatoms. The van der Waals surface area contributed by atoms with Gasteiger partial charge in [0.1, 0.15) is 5.82 Å². The molecular weight excluding hydrogens is 295 g/mol. The van der Waals surface area contributed by atoms with Gasteiger partial charge < -0.3 is 4.74 Å². The maximum atomic E-state index is 13.0. The average Bonchev–Trinajstić information content (AvgIpc) is 2.47. The standard InChI is InChI=1S/C14H21FN2O3S/c1-11(2)16(3)21(18,19)17-8-9-20-14(10-17)12-4-6-13(15)7-5-12/h4-7,11,14H,8-10H2,1-3H3. The van der Waals surface area contributed by atoms with Crippen LogP contribution in [0.3, 0.4) is 0 Å². The van der Waals surface area contributed by atoms with Crippen molar-refractivity contribution in [1.82, 2.24) is 8.61 Å². The molecule has 1 saturated heterocycles. The van der Waals surface area contributed by atoms with Crippen molar-refractivity contribution >= 4 is 10.2 Å². The van der Waals surface area contributed by atoms with Crippen LogP contribution in [0, 0.1) is 5.82 Å². The van der Waals surface area contributed by atoms with E-state index in [2.05, 4.69) is 0 Å². The number of morpholine rings is 1. The first kappa shape index (κ1) is 16.4. The van der Waals surface area contributed by atoms with E-state index in [1.54, 1.807) is 19.2 Å². The van der Waals surface area contributed by atoms with Crippen molar-refractivity contribution in [3.8, 4) is 0 Å². The van der Waals surface area contributed by atoms with Gasteiger partial charge in [-0.05, 0) is 31.5 Å². The summed E-state index contributed by atoms with van der Waals surface area (Å²) < 4.78 is 46.3. The van der Waals surface area contributed by atoms with E-state index < -0.39 is 10.2 Å². The minimum atomic E-state index is -3.50. The zero-order valence-corrected chi connectivity index (χ0v) is 13.3. The maximum absolute atomic E-state index is 13.0. The SMILES string of the molecule is CC(C)N(C)S(=O)(=O)N1CCOC(c2ccc(F)cc2)C1. The van der Waals surface area contributed by atoms with Crippen LogP contribution in [0.1, 0.15) is 25.5 Å². The van der Waals surface area contributed by atoms with Gasteiger partial charge in [0.2, 0.25) is 0 Å². The van der Waals surface area contributed by atoms with Crippen LogP contribution in [0.15, 0.2) is 24.3 Å². The van der Waals surface area contributed by atoms with Crippen LogP contribution in [0.4, 0.5) is 4.39 Å². The summed E-state index contributed by atoms with van der Waals surface area (Å²) in [5.41, 5.74) is 0.781. The Hall–Kier alpha value is -1.02. The van der Waals surface area contributed by atoms with Gasteiger partial charge in [-0.1, -0.05) is 12.1 Å². The van der Waals surface area contributed by atoms with Crippen LogP contribution >= 0.6 is 0 Å². The summed E-state index contributed by atoms with van der Waals surface area (Å²) in [5.74, 6) is -0.321. The highest BCUT2D eigenvalue weighted by atomic mass is 32.2. The molecule has 1 aliphatic heterocycles. The minimum absolute atomic E-state index is 0.109. The summed E-state index contributed by atoms with van der Waals surface area (Å²) >= 11 is 0. The Balaban J connectivity index is 2.16. The van der Waals surface area contributed by atoms with E-state index in [4.69, 9.17) is 4.74 Å². The first-order valence-electron chi connectivity index (χ1n) is 6.92. The van der Waals surface area contributed by atoms with Gasteiger partial charge in [-0.15, -0.1) is 0 Å². The van der Waals surface area contributed by atoms with Crippen LogP contribution < -0.4 is 0 Å². The normalized spacial score (nSPS) is 21.1. The van der Waals surface area contributed by atoms with Crippen LogP contribution in [-0.4, -0.2) is 49.8 Å². The van der Waals surface area contributed by atoms with Gasteiger partial charge in [0, 0.05) is 26.2 Å². The van der Waals surface area contributed by atoms with E-state index in [-0.39, 0.29) is 24.5 Å². The highest BCUT2D eigenvalue weighted by Crippen LogP contribution is 2.25. The monoisotopic (exact) mass is 316 g/mol. The molecule has 1 aromatic rings. The average molecular weight is 316 g/mol. The van der Waals surface area contributed by atoms with Gasteiger partial charge in [-0.3, -0.25) is 0 Å². The highest BCUT2D eigenvalue weighted by Gasteiger charge is 2.33. The summed E-state index contributed by atoms with van der Waals surface area (Å²) in [6.45, 7) is 4.56. The Bertz CT molecular complexity index is 574. The number of benzene rings is 1. The predicted octanol–water partition coefficient (Wildman–Crippen LogP) is 1.78. The topological polar surface area (TPSA) is 49.9 Å². The molecule has 0 aliphatic carbocycles. The van der Waals surface area contributed by atoms with Gasteiger partial charge >= 0.3 is 0 Å². The first-order valence-corrected chi connectivity index (χ1v) is 8.32. The van der Waals surface area contributed by atoms with Crippen molar-refractivity contribution < 1.29 is 17.5 Å². The summed E-state index contributed by atoms with van der Waals surface area (Å²) in [4.78, 5) is 0. The fourth-order valence-electron chi connectivity index (χ4n) is 2.16. The second-order valence-corrected chi connectivity index (χ2v) is 7.37. The molecule has 0 spiro atoms. The molecule has 1 atom stereocenters. The Morgan fingerprint density at radius 1 is 1.33 bits per heavy atom. The summed E-state index contributed by atoms with van der Waals surface area (Å²) in [6.07, 6.45) is -0.366. The van der Waals surface area contributed by atoms with E-state index >= 15 is 0 Å². The van der Waals surface area contributed by atoms with Crippen molar-refractivity contribution in [2.45, 2.75) is 26.0 Å². The lowest BCUT2D eigenvalue weighted by Crippen LogP contribution is -2.49. The van der Waals surface area contributed by atoms with Gasteiger partial charge in [0.25, 0.3) is 10.2 Å². The minimum Gasteiger partial charge on any atom is -0.371 e. The Morgan fingerprint density at radius 3 is 2.52 bits per heavy atom. The second-order valence-electron chi connectivity index (χ2n) is 5.39. The number of rotatable bonds is 4. The third kappa shape index (κ3) is 3.60. The third-order valence-electron chi connectivity index (χ3n) is 3.69. The predicted molar refractivity (Wildman–Crippen MR) is 78.5 cm³/mol. The molecule has 0 bridgehead atoms. The zero-order chi connectivity index (χ0) is 15.6. The molecule has 1 aliphatic rings. The Kier molecular flexibility index (Phi) is 4.98. The molecule has 118 valence electrons. The number of halogens is 1. The van der Waals surface area contributed by atoms with Crippen LogP contribution in [-0.2, 0) is 14.9 Å². The van der Waals surface area contributed by atoms with Crippen LogP contribution in [0.5, 0.6) is 0 Å². The van der Waals surface area contributed by atoms with Crippen molar-refractivity contribution in [3.63, 3.8) is 0 Å². The van der Waals surface area contributed by atoms with Crippen LogP contribution in [0.25, 0.3) is 0 Å².